The summed E-state index contributed by atoms with van der Waals surface area (Å²) < 4.78 is 69.3. The number of hydrogen-bond donors (Lipinski definition) is 0. The minimum atomic E-state index is -2.99. The predicted molar refractivity (Wildman–Crippen MR) is 82.7 cm³/mol. The number of rotatable bonds is 7. The van der Waals surface area contributed by atoms with Crippen molar-refractivity contribution >= 4 is 17.1 Å². The molecule has 0 aliphatic carbocycles. The van der Waals surface area contributed by atoms with Crippen LogP contribution in [0, 0.1) is 0 Å². The third-order valence-electron chi connectivity index (χ3n) is 2.71. The summed E-state index contributed by atoms with van der Waals surface area (Å²) in [4.78, 5) is 0. The Kier molecular flexibility index (Phi) is 7.34. The van der Waals surface area contributed by atoms with Gasteiger partial charge in [-0.15, -0.1) is 0 Å². The lowest BCUT2D eigenvalue weighted by Gasteiger charge is -2.19. The van der Waals surface area contributed by atoms with E-state index >= 15 is 0 Å². The Morgan fingerprint density at radius 2 is 1.91 bits per heavy atom. The Morgan fingerprint density at radius 3 is 2.43 bits per heavy atom. The largest absolute Gasteiger partial charge is 0.591 e. The van der Waals surface area contributed by atoms with Crippen molar-refractivity contribution in [3.8, 4) is 5.75 Å². The van der Waals surface area contributed by atoms with E-state index < -0.39 is 35.6 Å². The van der Waals surface area contributed by atoms with Gasteiger partial charge in [0.1, 0.15) is 21.9 Å². The van der Waals surface area contributed by atoms with Crippen molar-refractivity contribution in [2.75, 3.05) is 0 Å². The van der Waals surface area contributed by atoms with Crippen molar-refractivity contribution in [1.82, 2.24) is 0 Å². The second-order valence-corrected chi connectivity index (χ2v) is 7.64. The zero-order valence-corrected chi connectivity index (χ0v) is 13.9. The number of halogens is 4. The van der Waals surface area contributed by atoms with Crippen LogP contribution in [-0.4, -0.2) is 28.0 Å². The van der Waals surface area contributed by atoms with Gasteiger partial charge in [0.15, 0.2) is 0 Å². The van der Waals surface area contributed by atoms with E-state index in [2.05, 4.69) is 9.13 Å². The first-order chi connectivity index (χ1) is 10.6. The fourth-order valence-corrected chi connectivity index (χ4v) is 2.25. The minimum Gasteiger partial charge on any atom is -0.591 e. The molecule has 3 nitrogen and oxygen atoms in total. The Balaban J connectivity index is 3.11. The molecule has 0 aliphatic heterocycles. The van der Waals surface area contributed by atoms with Gasteiger partial charge in [-0.2, -0.15) is 8.78 Å². The molecule has 0 heterocycles. The molecule has 0 N–H and O–H groups in total. The lowest BCUT2D eigenvalue weighted by molar-refractivity contribution is -0.0498. The minimum absolute atomic E-state index is 0.108. The average molecular weight is 353 g/mol. The highest BCUT2D eigenvalue weighted by molar-refractivity contribution is 7.91. The van der Waals surface area contributed by atoms with Gasteiger partial charge in [-0.25, -0.2) is 8.78 Å². The first-order valence-electron chi connectivity index (χ1n) is 6.92. The van der Waals surface area contributed by atoms with Crippen LogP contribution in [0.4, 0.5) is 17.6 Å². The third kappa shape index (κ3) is 7.22. The SMILES string of the molecule is CC(C)(C)[S+]([O-])N=C(CCC(F)F)c1cccc(OC(F)F)c1. The summed E-state index contributed by atoms with van der Waals surface area (Å²) in [6, 6.07) is 5.57. The first kappa shape index (κ1) is 19.8. The molecular weight excluding hydrogens is 334 g/mol. The van der Waals surface area contributed by atoms with E-state index in [0.29, 0.717) is 5.56 Å². The maximum atomic E-state index is 12.5. The van der Waals surface area contributed by atoms with Crippen LogP contribution in [0.3, 0.4) is 0 Å². The summed E-state index contributed by atoms with van der Waals surface area (Å²) in [6.07, 6.45) is -3.11. The van der Waals surface area contributed by atoms with Gasteiger partial charge in [0, 0.05) is 18.4 Å². The molecule has 0 saturated heterocycles. The monoisotopic (exact) mass is 353 g/mol. The molecule has 1 rings (SSSR count). The number of nitrogens with zero attached hydrogens (tertiary/aromatic N) is 1. The van der Waals surface area contributed by atoms with Crippen LogP contribution >= 0.6 is 0 Å². The molecule has 1 unspecified atom stereocenters. The standard InChI is InChI=1S/C15H19F4NO2S/c1-15(2,3)23(21)20-12(7-8-13(16)17)10-5-4-6-11(9-10)22-14(18)19/h4-6,9,13-14H,7-8H2,1-3H3. The van der Waals surface area contributed by atoms with Gasteiger partial charge in [-0.05, 0) is 32.9 Å². The molecule has 0 bridgehead atoms. The highest BCUT2D eigenvalue weighted by Crippen LogP contribution is 2.23. The molecule has 0 aliphatic rings. The van der Waals surface area contributed by atoms with E-state index in [1.54, 1.807) is 20.8 Å². The molecule has 130 valence electrons. The van der Waals surface area contributed by atoms with Crippen molar-refractivity contribution in [2.24, 2.45) is 4.40 Å². The number of hydrogen-bond acceptors (Lipinski definition) is 3. The van der Waals surface area contributed by atoms with Crippen LogP contribution in [0.1, 0.15) is 39.2 Å². The van der Waals surface area contributed by atoms with Crippen LogP contribution in [0.2, 0.25) is 0 Å². The van der Waals surface area contributed by atoms with Crippen LogP contribution in [0.15, 0.2) is 28.7 Å². The predicted octanol–water partition coefficient (Wildman–Crippen LogP) is 4.58. The van der Waals surface area contributed by atoms with E-state index in [0.717, 1.165) is 0 Å². The van der Waals surface area contributed by atoms with Crippen molar-refractivity contribution in [3.63, 3.8) is 0 Å². The number of benzene rings is 1. The zero-order chi connectivity index (χ0) is 17.6. The molecule has 0 saturated carbocycles. The van der Waals surface area contributed by atoms with Crippen molar-refractivity contribution in [1.29, 1.82) is 0 Å². The maximum Gasteiger partial charge on any atom is 0.387 e. The second kappa shape index (κ2) is 8.54. The quantitative estimate of drug-likeness (QED) is 0.409. The van der Waals surface area contributed by atoms with Gasteiger partial charge in [-0.1, -0.05) is 16.5 Å². The first-order valence-corrected chi connectivity index (χ1v) is 8.03. The zero-order valence-electron chi connectivity index (χ0n) is 13.1. The summed E-state index contributed by atoms with van der Waals surface area (Å²) in [5.41, 5.74) is 0.514. The molecule has 1 aromatic rings. The summed E-state index contributed by atoms with van der Waals surface area (Å²) in [5, 5.41) is 0. The van der Waals surface area contributed by atoms with E-state index in [1.165, 1.54) is 24.3 Å². The molecule has 0 aromatic heterocycles. The van der Waals surface area contributed by atoms with E-state index in [9.17, 15) is 22.1 Å². The third-order valence-corrected chi connectivity index (χ3v) is 4.14. The van der Waals surface area contributed by atoms with Gasteiger partial charge in [-0.3, -0.25) is 0 Å². The molecule has 1 atom stereocenters. The highest BCUT2D eigenvalue weighted by atomic mass is 32.2. The Morgan fingerprint density at radius 1 is 1.26 bits per heavy atom. The summed E-state index contributed by atoms with van der Waals surface area (Å²) in [7, 11) is 0. The van der Waals surface area contributed by atoms with Crippen LogP contribution in [-0.2, 0) is 11.4 Å². The second-order valence-electron chi connectivity index (χ2n) is 5.74. The smallest absolute Gasteiger partial charge is 0.387 e. The molecule has 23 heavy (non-hydrogen) atoms. The van der Waals surface area contributed by atoms with Gasteiger partial charge in [0.05, 0.1) is 5.71 Å². The molecule has 0 radical (unpaired) electrons. The molecule has 0 spiro atoms. The van der Waals surface area contributed by atoms with Crippen molar-refractivity contribution in [2.45, 2.75) is 51.4 Å². The fraction of sp³-hybridized carbons (Fsp3) is 0.533. The lowest BCUT2D eigenvalue weighted by Crippen LogP contribution is -2.27. The fourth-order valence-electron chi connectivity index (χ4n) is 1.58. The van der Waals surface area contributed by atoms with Crippen molar-refractivity contribution < 1.29 is 26.9 Å². The van der Waals surface area contributed by atoms with Gasteiger partial charge >= 0.3 is 6.61 Å². The Hall–Kier alpha value is -1.28. The topological polar surface area (TPSA) is 44.7 Å². The van der Waals surface area contributed by atoms with Gasteiger partial charge in [0.25, 0.3) is 0 Å². The van der Waals surface area contributed by atoms with E-state index in [4.69, 9.17) is 0 Å². The average Bonchev–Trinajstić information content (AvgIpc) is 2.41. The van der Waals surface area contributed by atoms with E-state index in [-0.39, 0.29) is 17.9 Å². The number of ether oxygens (including phenoxy) is 1. The maximum absolute atomic E-state index is 12.5. The normalized spacial score (nSPS) is 14.4. The molecular formula is C15H19F4NO2S. The molecule has 1 aromatic carbocycles. The van der Waals surface area contributed by atoms with Crippen LogP contribution in [0.25, 0.3) is 0 Å². The lowest BCUT2D eigenvalue weighted by atomic mass is 10.1. The van der Waals surface area contributed by atoms with E-state index in [1.807, 2.05) is 0 Å². The van der Waals surface area contributed by atoms with Crippen LogP contribution in [0.5, 0.6) is 5.75 Å². The summed E-state index contributed by atoms with van der Waals surface area (Å²) in [5.74, 6) is -0.108. The van der Waals surface area contributed by atoms with Gasteiger partial charge < -0.3 is 9.29 Å². The molecule has 8 heteroatoms. The summed E-state index contributed by atoms with van der Waals surface area (Å²) >= 11 is -1.65. The van der Waals surface area contributed by atoms with Crippen LogP contribution < -0.4 is 4.74 Å². The van der Waals surface area contributed by atoms with Gasteiger partial charge in [0.2, 0.25) is 6.43 Å². The Labute approximate surface area is 136 Å². The Bertz CT molecular complexity index is 532. The summed E-state index contributed by atoms with van der Waals surface area (Å²) in [6.45, 7) is 2.12. The highest BCUT2D eigenvalue weighted by Gasteiger charge is 2.27. The van der Waals surface area contributed by atoms with Crippen molar-refractivity contribution in [3.05, 3.63) is 29.8 Å². The number of alkyl halides is 4. The molecule has 0 fully saturated rings. The molecule has 0 amide bonds.